The van der Waals surface area contributed by atoms with E-state index in [4.69, 9.17) is 0 Å². The fourth-order valence-corrected chi connectivity index (χ4v) is 4.22. The van der Waals surface area contributed by atoms with Crippen LogP contribution in [0.3, 0.4) is 0 Å². The SMILES string of the molecule is CCC1C2CNCC2CN1Cc1c[nH]c2ncccc12. The fraction of sp³-hybridized carbons (Fsp3) is 0.562. The van der Waals surface area contributed by atoms with Gasteiger partial charge in [0, 0.05) is 36.9 Å². The van der Waals surface area contributed by atoms with Gasteiger partial charge in [-0.1, -0.05) is 6.92 Å². The molecule has 106 valence electrons. The van der Waals surface area contributed by atoms with Crippen LogP contribution in [0.1, 0.15) is 18.9 Å². The first kappa shape index (κ1) is 12.4. The molecule has 4 nitrogen and oxygen atoms in total. The first-order valence-electron chi connectivity index (χ1n) is 7.72. The number of hydrogen-bond donors (Lipinski definition) is 2. The zero-order chi connectivity index (χ0) is 13.5. The minimum Gasteiger partial charge on any atom is -0.346 e. The van der Waals surface area contributed by atoms with Crippen molar-refractivity contribution < 1.29 is 0 Å². The molecule has 2 aromatic rings. The molecule has 0 aliphatic carbocycles. The number of hydrogen-bond acceptors (Lipinski definition) is 3. The summed E-state index contributed by atoms with van der Waals surface area (Å²) in [5, 5.41) is 4.83. The van der Waals surface area contributed by atoms with Crippen LogP contribution in [0, 0.1) is 11.8 Å². The van der Waals surface area contributed by atoms with Crippen LogP contribution in [-0.4, -0.2) is 40.5 Å². The summed E-state index contributed by atoms with van der Waals surface area (Å²) in [6.45, 7) is 7.03. The van der Waals surface area contributed by atoms with Crippen LogP contribution >= 0.6 is 0 Å². The molecule has 0 saturated carbocycles. The number of nitrogens with one attached hydrogen (secondary N) is 2. The Morgan fingerprint density at radius 2 is 2.35 bits per heavy atom. The minimum atomic E-state index is 0.733. The molecule has 0 aromatic carbocycles. The van der Waals surface area contributed by atoms with Gasteiger partial charge in [0.1, 0.15) is 5.65 Å². The van der Waals surface area contributed by atoms with Gasteiger partial charge >= 0.3 is 0 Å². The molecule has 2 saturated heterocycles. The Balaban J connectivity index is 1.59. The van der Waals surface area contributed by atoms with Gasteiger partial charge in [-0.25, -0.2) is 4.98 Å². The van der Waals surface area contributed by atoms with Crippen LogP contribution in [0.25, 0.3) is 11.0 Å². The van der Waals surface area contributed by atoms with Crippen molar-refractivity contribution in [2.24, 2.45) is 11.8 Å². The zero-order valence-corrected chi connectivity index (χ0v) is 12.0. The average molecular weight is 270 g/mol. The molecule has 4 heterocycles. The normalized spacial score (nSPS) is 30.1. The molecule has 3 atom stereocenters. The van der Waals surface area contributed by atoms with Gasteiger partial charge in [0.05, 0.1) is 0 Å². The highest BCUT2D eigenvalue weighted by Crippen LogP contribution is 2.35. The largest absolute Gasteiger partial charge is 0.346 e. The van der Waals surface area contributed by atoms with Gasteiger partial charge < -0.3 is 10.3 Å². The predicted molar refractivity (Wildman–Crippen MR) is 80.4 cm³/mol. The van der Waals surface area contributed by atoms with E-state index < -0.39 is 0 Å². The molecule has 2 aliphatic heterocycles. The van der Waals surface area contributed by atoms with Crippen LogP contribution in [0.4, 0.5) is 0 Å². The third kappa shape index (κ3) is 1.86. The van der Waals surface area contributed by atoms with Crippen molar-refractivity contribution in [2.75, 3.05) is 19.6 Å². The number of nitrogens with zero attached hydrogens (tertiary/aromatic N) is 2. The number of fused-ring (bicyclic) bond motifs is 2. The number of pyridine rings is 1. The molecule has 4 rings (SSSR count). The molecule has 0 radical (unpaired) electrons. The number of aromatic amines is 1. The van der Waals surface area contributed by atoms with Crippen molar-refractivity contribution >= 4 is 11.0 Å². The van der Waals surface area contributed by atoms with E-state index in [-0.39, 0.29) is 0 Å². The highest BCUT2D eigenvalue weighted by atomic mass is 15.2. The molecule has 0 amide bonds. The molecule has 2 aromatic heterocycles. The maximum Gasteiger partial charge on any atom is 0.137 e. The summed E-state index contributed by atoms with van der Waals surface area (Å²) in [4.78, 5) is 10.4. The Kier molecular flexibility index (Phi) is 3.00. The third-order valence-corrected chi connectivity index (χ3v) is 5.15. The number of rotatable bonds is 3. The van der Waals surface area contributed by atoms with Crippen LogP contribution in [0.15, 0.2) is 24.5 Å². The second-order valence-corrected chi connectivity index (χ2v) is 6.20. The second kappa shape index (κ2) is 4.86. The van der Waals surface area contributed by atoms with E-state index in [0.717, 1.165) is 30.1 Å². The maximum absolute atomic E-state index is 4.39. The lowest BCUT2D eigenvalue weighted by molar-refractivity contribution is 0.211. The first-order valence-corrected chi connectivity index (χ1v) is 7.72. The van der Waals surface area contributed by atoms with Gasteiger partial charge in [-0.05, 0) is 49.0 Å². The Morgan fingerprint density at radius 3 is 3.25 bits per heavy atom. The standard InChI is InChI=1S/C16H22N4/c1-2-15-14-8-17-6-11(14)9-20(15)10-12-7-19-16-13(12)4-3-5-18-16/h3-5,7,11,14-15,17H,2,6,8-10H2,1H3,(H,18,19). The molecule has 2 aliphatic rings. The number of H-pyrrole nitrogens is 1. The van der Waals surface area contributed by atoms with E-state index in [0.29, 0.717) is 0 Å². The summed E-state index contributed by atoms with van der Waals surface area (Å²) in [6.07, 6.45) is 5.24. The Morgan fingerprint density at radius 1 is 1.40 bits per heavy atom. The molecule has 2 fully saturated rings. The Bertz CT molecular complexity index is 605. The summed E-state index contributed by atoms with van der Waals surface area (Å²) in [6, 6.07) is 4.93. The molecular formula is C16H22N4. The van der Waals surface area contributed by atoms with E-state index in [1.165, 1.54) is 37.0 Å². The average Bonchev–Trinajstić information content (AvgIpc) is 3.14. The van der Waals surface area contributed by atoms with Crippen LogP contribution < -0.4 is 5.32 Å². The third-order valence-electron chi connectivity index (χ3n) is 5.15. The van der Waals surface area contributed by atoms with Gasteiger partial charge in [-0.2, -0.15) is 0 Å². The molecule has 20 heavy (non-hydrogen) atoms. The van der Waals surface area contributed by atoms with Gasteiger partial charge in [-0.15, -0.1) is 0 Å². The van der Waals surface area contributed by atoms with Gasteiger partial charge in [0.15, 0.2) is 0 Å². The highest BCUT2D eigenvalue weighted by Gasteiger charge is 2.42. The maximum atomic E-state index is 4.39. The zero-order valence-electron chi connectivity index (χ0n) is 12.0. The number of aromatic nitrogens is 2. The van der Waals surface area contributed by atoms with Crippen molar-refractivity contribution in [1.29, 1.82) is 0 Å². The summed E-state index contributed by atoms with van der Waals surface area (Å²) in [5.41, 5.74) is 2.40. The summed E-state index contributed by atoms with van der Waals surface area (Å²) in [7, 11) is 0. The minimum absolute atomic E-state index is 0.733. The van der Waals surface area contributed by atoms with Gasteiger partial charge in [-0.3, -0.25) is 4.90 Å². The van der Waals surface area contributed by atoms with Gasteiger partial charge in [0.25, 0.3) is 0 Å². The molecular weight excluding hydrogens is 248 g/mol. The lowest BCUT2D eigenvalue weighted by atomic mass is 9.93. The smallest absolute Gasteiger partial charge is 0.137 e. The van der Waals surface area contributed by atoms with E-state index in [1.54, 1.807) is 0 Å². The quantitative estimate of drug-likeness (QED) is 0.896. The Labute approximate surface area is 119 Å². The van der Waals surface area contributed by atoms with Crippen LogP contribution in [-0.2, 0) is 6.54 Å². The Hall–Kier alpha value is -1.39. The lowest BCUT2D eigenvalue weighted by Crippen LogP contribution is -2.34. The molecule has 0 spiro atoms. The van der Waals surface area contributed by atoms with E-state index in [2.05, 4.69) is 39.4 Å². The van der Waals surface area contributed by atoms with Crippen LogP contribution in [0.5, 0.6) is 0 Å². The highest BCUT2D eigenvalue weighted by molar-refractivity contribution is 5.79. The first-order chi connectivity index (χ1) is 9.86. The van der Waals surface area contributed by atoms with Crippen molar-refractivity contribution in [3.8, 4) is 0 Å². The van der Waals surface area contributed by atoms with Crippen LogP contribution in [0.2, 0.25) is 0 Å². The summed E-state index contributed by atoms with van der Waals surface area (Å²) in [5.74, 6) is 1.70. The molecule has 4 heteroatoms. The van der Waals surface area contributed by atoms with Crippen molar-refractivity contribution in [2.45, 2.75) is 25.9 Å². The van der Waals surface area contributed by atoms with Crippen molar-refractivity contribution in [3.63, 3.8) is 0 Å². The number of likely N-dealkylation sites (tertiary alicyclic amines) is 1. The van der Waals surface area contributed by atoms with E-state index in [1.807, 2.05) is 12.3 Å². The summed E-state index contributed by atoms with van der Waals surface area (Å²) < 4.78 is 0. The predicted octanol–water partition coefficient (Wildman–Crippen LogP) is 1.99. The van der Waals surface area contributed by atoms with E-state index in [9.17, 15) is 0 Å². The molecule has 3 unspecified atom stereocenters. The van der Waals surface area contributed by atoms with Crippen molar-refractivity contribution in [3.05, 3.63) is 30.1 Å². The summed E-state index contributed by atoms with van der Waals surface area (Å²) >= 11 is 0. The topological polar surface area (TPSA) is 44.0 Å². The monoisotopic (exact) mass is 270 g/mol. The van der Waals surface area contributed by atoms with Crippen molar-refractivity contribution in [1.82, 2.24) is 20.2 Å². The fourth-order valence-electron chi connectivity index (χ4n) is 4.22. The lowest BCUT2D eigenvalue weighted by Gasteiger charge is -2.26. The van der Waals surface area contributed by atoms with Gasteiger partial charge in [0.2, 0.25) is 0 Å². The van der Waals surface area contributed by atoms with E-state index >= 15 is 0 Å². The molecule has 2 N–H and O–H groups in total. The molecule has 0 bridgehead atoms. The second-order valence-electron chi connectivity index (χ2n) is 6.20.